The van der Waals surface area contributed by atoms with Crippen molar-refractivity contribution in [2.24, 2.45) is 0 Å². The first-order valence-electron chi connectivity index (χ1n) is 15.8. The molecule has 0 aliphatic rings. The Labute approximate surface area is 275 Å². The van der Waals surface area contributed by atoms with E-state index in [1.54, 1.807) is 0 Å². The van der Waals surface area contributed by atoms with Gasteiger partial charge < -0.3 is 4.40 Å². The lowest BCUT2D eigenvalue weighted by Crippen LogP contribution is -2.21. The van der Waals surface area contributed by atoms with E-state index in [2.05, 4.69) is 34.7 Å². The first kappa shape index (κ1) is 27.6. The van der Waals surface area contributed by atoms with E-state index in [1.807, 2.05) is 138 Å². The van der Waals surface area contributed by atoms with Gasteiger partial charge in [0.05, 0.1) is 22.2 Å². The topological polar surface area (TPSA) is 65.1 Å². The van der Waals surface area contributed by atoms with E-state index in [0.29, 0.717) is 23.0 Å². The molecule has 6 heteroatoms. The van der Waals surface area contributed by atoms with Crippen molar-refractivity contribution in [2.75, 3.05) is 0 Å². The van der Waals surface area contributed by atoms with Gasteiger partial charge in [-0.15, -0.1) is 0 Å². The SMILES string of the molecule is O=c1c2c(-c3ccccc3)c3ccccc3n2c2ccccc2n1-c1cccc(-c2nc(-c3ccccc3)nc(-c3ccccc3)n2)c1. The maximum absolute atomic E-state index is 14.9. The van der Waals surface area contributed by atoms with Gasteiger partial charge in [0.25, 0.3) is 5.56 Å². The number of fused-ring (bicyclic) bond motifs is 5. The summed E-state index contributed by atoms with van der Waals surface area (Å²) >= 11 is 0. The molecule has 0 atom stereocenters. The fourth-order valence-electron chi connectivity index (χ4n) is 6.63. The van der Waals surface area contributed by atoms with E-state index < -0.39 is 0 Å². The summed E-state index contributed by atoms with van der Waals surface area (Å²) in [6.07, 6.45) is 0. The van der Waals surface area contributed by atoms with E-state index in [9.17, 15) is 4.79 Å². The molecule has 0 N–H and O–H groups in total. The van der Waals surface area contributed by atoms with Crippen LogP contribution < -0.4 is 5.56 Å². The Kier molecular flexibility index (Phi) is 6.50. The molecule has 0 fully saturated rings. The minimum absolute atomic E-state index is 0.105. The molecule has 0 saturated carbocycles. The molecule has 0 aliphatic carbocycles. The number of hydrogen-bond acceptors (Lipinski definition) is 4. The number of rotatable bonds is 5. The van der Waals surface area contributed by atoms with Crippen LogP contribution in [0.2, 0.25) is 0 Å². The molecule has 9 aromatic rings. The van der Waals surface area contributed by atoms with Crippen molar-refractivity contribution in [3.05, 3.63) is 174 Å². The summed E-state index contributed by atoms with van der Waals surface area (Å²) in [5, 5.41) is 1.03. The van der Waals surface area contributed by atoms with Gasteiger partial charge in [0.2, 0.25) is 0 Å². The normalized spacial score (nSPS) is 11.4. The molecule has 0 unspecified atom stereocenters. The van der Waals surface area contributed by atoms with Gasteiger partial charge in [0, 0.05) is 27.6 Å². The zero-order valence-corrected chi connectivity index (χ0v) is 25.7. The predicted molar refractivity (Wildman–Crippen MR) is 193 cm³/mol. The zero-order valence-electron chi connectivity index (χ0n) is 25.7. The van der Waals surface area contributed by atoms with E-state index >= 15 is 0 Å². The van der Waals surface area contributed by atoms with Crippen LogP contribution in [0, 0.1) is 0 Å². The highest BCUT2D eigenvalue weighted by Crippen LogP contribution is 2.36. The molecule has 0 bridgehead atoms. The molecule has 6 nitrogen and oxygen atoms in total. The molecule has 0 amide bonds. The standard InChI is InChI=1S/C42H27N5O/c48-42-38-37(28-15-4-1-5-16-28)33-23-10-11-24-34(33)47(38)36-26-13-12-25-35(36)46(42)32-22-14-21-31(27-32)41-44-39(29-17-6-2-7-18-29)43-40(45-41)30-19-8-3-9-20-30/h1-27H. The Balaban J connectivity index is 1.31. The van der Waals surface area contributed by atoms with Gasteiger partial charge >= 0.3 is 0 Å². The third-order valence-corrected chi connectivity index (χ3v) is 8.77. The van der Waals surface area contributed by atoms with Gasteiger partial charge in [-0.25, -0.2) is 15.0 Å². The van der Waals surface area contributed by atoms with Gasteiger partial charge in [-0.3, -0.25) is 9.36 Å². The van der Waals surface area contributed by atoms with Crippen molar-refractivity contribution in [3.63, 3.8) is 0 Å². The fourth-order valence-corrected chi connectivity index (χ4v) is 6.63. The highest BCUT2D eigenvalue weighted by atomic mass is 16.1. The van der Waals surface area contributed by atoms with Crippen LogP contribution in [0.3, 0.4) is 0 Å². The summed E-state index contributed by atoms with van der Waals surface area (Å²) in [5.74, 6) is 1.70. The Morgan fingerprint density at radius 1 is 0.417 bits per heavy atom. The largest absolute Gasteiger partial charge is 0.302 e. The average molecular weight is 618 g/mol. The van der Waals surface area contributed by atoms with Crippen molar-refractivity contribution in [1.29, 1.82) is 0 Å². The molecular formula is C42H27N5O. The highest BCUT2D eigenvalue weighted by Gasteiger charge is 2.22. The summed E-state index contributed by atoms with van der Waals surface area (Å²) < 4.78 is 3.93. The molecule has 3 heterocycles. The maximum atomic E-state index is 14.9. The van der Waals surface area contributed by atoms with E-state index in [-0.39, 0.29) is 5.56 Å². The van der Waals surface area contributed by atoms with Crippen molar-refractivity contribution in [3.8, 4) is 51.0 Å². The van der Waals surface area contributed by atoms with Crippen molar-refractivity contribution in [2.45, 2.75) is 0 Å². The Morgan fingerprint density at radius 2 is 0.896 bits per heavy atom. The fraction of sp³-hybridized carbons (Fsp3) is 0. The summed E-state index contributed by atoms with van der Waals surface area (Å²) in [6.45, 7) is 0. The molecule has 9 rings (SSSR count). The van der Waals surface area contributed by atoms with Crippen LogP contribution >= 0.6 is 0 Å². The average Bonchev–Trinajstić information content (AvgIpc) is 3.52. The summed E-state index contributed by atoms with van der Waals surface area (Å²) in [6, 6.07) is 54.2. The highest BCUT2D eigenvalue weighted by molar-refractivity contribution is 6.08. The molecule has 226 valence electrons. The first-order chi connectivity index (χ1) is 23.7. The second kappa shape index (κ2) is 11.3. The first-order valence-corrected chi connectivity index (χ1v) is 15.8. The third kappa shape index (κ3) is 4.50. The van der Waals surface area contributed by atoms with Gasteiger partial charge in [0.15, 0.2) is 17.5 Å². The number of aromatic nitrogens is 5. The molecule has 0 radical (unpaired) electrons. The minimum atomic E-state index is -0.105. The number of benzene rings is 6. The van der Waals surface area contributed by atoms with Crippen LogP contribution in [0.5, 0.6) is 0 Å². The third-order valence-electron chi connectivity index (χ3n) is 8.77. The van der Waals surface area contributed by atoms with E-state index in [4.69, 9.17) is 15.0 Å². The quantitative estimate of drug-likeness (QED) is 0.193. The van der Waals surface area contributed by atoms with Crippen LogP contribution in [0.25, 0.3) is 78.4 Å². The molecule has 48 heavy (non-hydrogen) atoms. The van der Waals surface area contributed by atoms with E-state index in [0.717, 1.165) is 55.4 Å². The molecule has 0 aliphatic heterocycles. The number of para-hydroxylation sites is 3. The summed E-state index contributed by atoms with van der Waals surface area (Å²) in [7, 11) is 0. The summed E-state index contributed by atoms with van der Waals surface area (Å²) in [5.41, 5.74) is 8.48. The minimum Gasteiger partial charge on any atom is -0.302 e. The Morgan fingerprint density at radius 3 is 1.52 bits per heavy atom. The zero-order chi connectivity index (χ0) is 32.0. The lowest BCUT2D eigenvalue weighted by atomic mass is 10.0. The van der Waals surface area contributed by atoms with Gasteiger partial charge in [-0.05, 0) is 35.9 Å². The molecule has 0 spiro atoms. The van der Waals surface area contributed by atoms with Crippen molar-refractivity contribution < 1.29 is 0 Å². The maximum Gasteiger partial charge on any atom is 0.280 e. The lowest BCUT2D eigenvalue weighted by Gasteiger charge is -2.15. The monoisotopic (exact) mass is 617 g/mol. The van der Waals surface area contributed by atoms with Gasteiger partial charge in [-0.1, -0.05) is 133 Å². The second-order valence-corrected chi connectivity index (χ2v) is 11.7. The van der Waals surface area contributed by atoms with Crippen LogP contribution in [0.1, 0.15) is 0 Å². The Bertz CT molecular complexity index is 2620. The second-order valence-electron chi connectivity index (χ2n) is 11.7. The number of nitrogens with zero attached hydrogens (tertiary/aromatic N) is 5. The molecule has 6 aromatic carbocycles. The lowest BCUT2D eigenvalue weighted by molar-refractivity contribution is 1.03. The van der Waals surface area contributed by atoms with Crippen LogP contribution in [0.4, 0.5) is 0 Å². The number of hydrogen-bond donors (Lipinski definition) is 0. The summed E-state index contributed by atoms with van der Waals surface area (Å²) in [4.78, 5) is 29.7. The van der Waals surface area contributed by atoms with E-state index in [1.165, 1.54) is 0 Å². The molecular weight excluding hydrogens is 590 g/mol. The molecule has 0 saturated heterocycles. The Hall–Kier alpha value is -6.66. The molecule has 3 aromatic heterocycles. The van der Waals surface area contributed by atoms with Crippen LogP contribution in [-0.2, 0) is 0 Å². The van der Waals surface area contributed by atoms with Gasteiger partial charge in [0.1, 0.15) is 5.52 Å². The van der Waals surface area contributed by atoms with Crippen molar-refractivity contribution in [1.82, 2.24) is 23.9 Å². The smallest absolute Gasteiger partial charge is 0.280 e. The van der Waals surface area contributed by atoms with Crippen molar-refractivity contribution >= 4 is 27.5 Å². The van der Waals surface area contributed by atoms with Crippen LogP contribution in [-0.4, -0.2) is 23.9 Å². The van der Waals surface area contributed by atoms with Crippen LogP contribution in [0.15, 0.2) is 169 Å². The van der Waals surface area contributed by atoms with Gasteiger partial charge in [-0.2, -0.15) is 0 Å². The predicted octanol–water partition coefficient (Wildman–Crippen LogP) is 9.25.